The molecule has 0 radical (unpaired) electrons. The first-order valence-electron chi connectivity index (χ1n) is 7.10. The fourth-order valence-corrected chi connectivity index (χ4v) is 2.79. The summed E-state index contributed by atoms with van der Waals surface area (Å²) in [6.07, 6.45) is 8.92. The summed E-state index contributed by atoms with van der Waals surface area (Å²) >= 11 is 0. The summed E-state index contributed by atoms with van der Waals surface area (Å²) in [6.45, 7) is 8.30. The van der Waals surface area contributed by atoms with Gasteiger partial charge in [0.2, 0.25) is 5.91 Å². The number of hydrogen-bond donors (Lipinski definition) is 1. The van der Waals surface area contributed by atoms with Gasteiger partial charge in [-0.3, -0.25) is 4.79 Å². The molecule has 3 nitrogen and oxygen atoms in total. The van der Waals surface area contributed by atoms with Crippen molar-refractivity contribution in [2.75, 3.05) is 0 Å². The van der Waals surface area contributed by atoms with Crippen molar-refractivity contribution in [3.05, 3.63) is 47.5 Å². The molecule has 1 amide bonds. The van der Waals surface area contributed by atoms with Crippen LogP contribution in [0.15, 0.2) is 34.8 Å². The number of fused-ring (bicyclic) bond motifs is 1. The van der Waals surface area contributed by atoms with Gasteiger partial charge in [-0.25, -0.2) is 0 Å². The zero-order valence-electron chi connectivity index (χ0n) is 12.7. The second kappa shape index (κ2) is 5.70. The quantitative estimate of drug-likeness (QED) is 0.671. The fourth-order valence-electron chi connectivity index (χ4n) is 2.79. The molecule has 0 saturated carbocycles. The van der Waals surface area contributed by atoms with E-state index in [4.69, 9.17) is 4.42 Å². The van der Waals surface area contributed by atoms with E-state index in [9.17, 15) is 4.79 Å². The second-order valence-electron chi connectivity index (χ2n) is 6.23. The van der Waals surface area contributed by atoms with Crippen molar-refractivity contribution in [3.63, 3.8) is 0 Å². The summed E-state index contributed by atoms with van der Waals surface area (Å²) in [5.74, 6) is 1.87. The van der Waals surface area contributed by atoms with Crippen LogP contribution in [0.5, 0.6) is 0 Å². The van der Waals surface area contributed by atoms with Crippen LogP contribution in [0.2, 0.25) is 0 Å². The Balaban J connectivity index is 2.16. The van der Waals surface area contributed by atoms with E-state index in [1.165, 1.54) is 0 Å². The normalized spacial score (nSPS) is 21.3. The lowest BCUT2D eigenvalue weighted by Crippen LogP contribution is -2.35. The highest BCUT2D eigenvalue weighted by Gasteiger charge is 2.35. The van der Waals surface area contributed by atoms with Crippen molar-refractivity contribution in [3.8, 4) is 0 Å². The summed E-state index contributed by atoms with van der Waals surface area (Å²) in [5.41, 5.74) is 1.28. The average Bonchev–Trinajstić information content (AvgIpc) is 2.68. The van der Waals surface area contributed by atoms with E-state index in [0.717, 1.165) is 29.9 Å². The number of carbonyl (C=O) groups is 1. The van der Waals surface area contributed by atoms with Crippen LogP contribution in [0, 0.1) is 12.3 Å². The molecule has 108 valence electrons. The van der Waals surface area contributed by atoms with Crippen molar-refractivity contribution in [2.24, 2.45) is 5.41 Å². The van der Waals surface area contributed by atoms with E-state index in [1.807, 2.05) is 32.1 Å². The van der Waals surface area contributed by atoms with Crippen LogP contribution in [0.4, 0.5) is 0 Å². The van der Waals surface area contributed by atoms with Crippen LogP contribution in [-0.2, 0) is 11.2 Å². The van der Waals surface area contributed by atoms with Crippen LogP contribution < -0.4 is 5.32 Å². The molecule has 0 fully saturated rings. The van der Waals surface area contributed by atoms with Gasteiger partial charge in [0.15, 0.2) is 0 Å². The lowest BCUT2D eigenvalue weighted by molar-refractivity contribution is -0.117. The second-order valence-corrected chi connectivity index (χ2v) is 6.23. The molecule has 1 atom stereocenters. The summed E-state index contributed by atoms with van der Waals surface area (Å²) in [7, 11) is 0. The Bertz CT molecular complexity index is 549. The number of hydrogen-bond acceptors (Lipinski definition) is 2. The largest absolute Gasteiger partial charge is 0.466 e. The summed E-state index contributed by atoms with van der Waals surface area (Å²) in [6, 6.07) is 2.08. The molecular weight excluding hydrogens is 250 g/mol. The van der Waals surface area contributed by atoms with E-state index in [0.29, 0.717) is 0 Å². The van der Waals surface area contributed by atoms with Gasteiger partial charge in [-0.05, 0) is 31.7 Å². The van der Waals surface area contributed by atoms with Crippen molar-refractivity contribution in [1.29, 1.82) is 0 Å². The molecule has 0 unspecified atom stereocenters. The number of nitrogens with one attached hydrogen (secondary N) is 1. The molecule has 1 aromatic heterocycles. The van der Waals surface area contributed by atoms with Gasteiger partial charge in [0.1, 0.15) is 11.5 Å². The third-order valence-corrected chi connectivity index (χ3v) is 3.60. The fraction of sp³-hybridized carbons (Fsp3) is 0.471. The van der Waals surface area contributed by atoms with Gasteiger partial charge in [0, 0.05) is 18.1 Å². The van der Waals surface area contributed by atoms with Gasteiger partial charge in [-0.2, -0.15) is 0 Å². The maximum atomic E-state index is 12.0. The van der Waals surface area contributed by atoms with Gasteiger partial charge < -0.3 is 9.73 Å². The molecule has 1 heterocycles. The van der Waals surface area contributed by atoms with E-state index in [2.05, 4.69) is 19.2 Å². The molecule has 20 heavy (non-hydrogen) atoms. The first-order valence-corrected chi connectivity index (χ1v) is 7.10. The Morgan fingerprint density at radius 1 is 1.45 bits per heavy atom. The van der Waals surface area contributed by atoms with Gasteiger partial charge in [0.05, 0.1) is 6.04 Å². The number of amides is 1. The number of allylic oxidation sites excluding steroid dienone is 3. The minimum absolute atomic E-state index is 0.0361. The molecule has 0 spiro atoms. The number of rotatable bonds is 3. The van der Waals surface area contributed by atoms with Crippen LogP contribution in [0.3, 0.4) is 0 Å². The molecule has 0 saturated heterocycles. The summed E-state index contributed by atoms with van der Waals surface area (Å²) < 4.78 is 5.77. The van der Waals surface area contributed by atoms with Crippen LogP contribution in [0.25, 0.3) is 0 Å². The summed E-state index contributed by atoms with van der Waals surface area (Å²) in [5, 5.41) is 3.08. The molecule has 2 rings (SSSR count). The highest BCUT2D eigenvalue weighted by atomic mass is 16.3. The maximum absolute atomic E-state index is 12.0. The molecule has 1 aliphatic rings. The first-order chi connectivity index (χ1) is 9.41. The standard InChI is InChI=1S/C17H23NO2/c1-5-6-7-8-16(19)18-14-10-17(3,4)11-15-13(14)9-12(2)20-15/h5-9,14H,10-11H2,1-4H3,(H,18,19)/b6-5+,8-7+/t14-/m1/s1. The van der Waals surface area contributed by atoms with Gasteiger partial charge in [0.25, 0.3) is 0 Å². The first kappa shape index (κ1) is 14.6. The van der Waals surface area contributed by atoms with Crippen molar-refractivity contribution in [1.82, 2.24) is 5.32 Å². The Morgan fingerprint density at radius 2 is 2.20 bits per heavy atom. The van der Waals surface area contributed by atoms with E-state index in [1.54, 1.807) is 12.2 Å². The van der Waals surface area contributed by atoms with Crippen LogP contribution in [-0.4, -0.2) is 5.91 Å². The molecule has 0 aromatic carbocycles. The van der Waals surface area contributed by atoms with Crippen LogP contribution in [0.1, 0.15) is 50.3 Å². The van der Waals surface area contributed by atoms with Gasteiger partial charge in [-0.1, -0.05) is 32.1 Å². The molecule has 1 aliphatic carbocycles. The molecule has 0 aliphatic heterocycles. The van der Waals surface area contributed by atoms with Gasteiger partial charge >= 0.3 is 0 Å². The number of furan rings is 1. The van der Waals surface area contributed by atoms with E-state index < -0.39 is 0 Å². The molecule has 3 heteroatoms. The smallest absolute Gasteiger partial charge is 0.244 e. The Morgan fingerprint density at radius 3 is 2.90 bits per heavy atom. The zero-order chi connectivity index (χ0) is 14.8. The Kier molecular flexibility index (Phi) is 4.17. The average molecular weight is 273 g/mol. The predicted molar refractivity (Wildman–Crippen MR) is 80.4 cm³/mol. The summed E-state index contributed by atoms with van der Waals surface area (Å²) in [4.78, 5) is 12.0. The van der Waals surface area contributed by atoms with Crippen LogP contribution >= 0.6 is 0 Å². The number of aryl methyl sites for hydroxylation is 1. The third-order valence-electron chi connectivity index (χ3n) is 3.60. The van der Waals surface area contributed by atoms with Crippen molar-refractivity contribution < 1.29 is 9.21 Å². The van der Waals surface area contributed by atoms with E-state index in [-0.39, 0.29) is 17.4 Å². The van der Waals surface area contributed by atoms with Crippen molar-refractivity contribution in [2.45, 2.75) is 46.6 Å². The maximum Gasteiger partial charge on any atom is 0.244 e. The highest BCUT2D eigenvalue weighted by Crippen LogP contribution is 2.41. The zero-order valence-corrected chi connectivity index (χ0v) is 12.7. The Hall–Kier alpha value is -1.77. The molecular formula is C17H23NO2. The highest BCUT2D eigenvalue weighted by molar-refractivity contribution is 5.88. The van der Waals surface area contributed by atoms with E-state index >= 15 is 0 Å². The Labute approximate surface area is 120 Å². The lowest BCUT2D eigenvalue weighted by atomic mass is 9.74. The third kappa shape index (κ3) is 3.41. The molecule has 1 N–H and O–H groups in total. The topological polar surface area (TPSA) is 42.2 Å². The monoisotopic (exact) mass is 273 g/mol. The minimum Gasteiger partial charge on any atom is -0.466 e. The minimum atomic E-state index is -0.0596. The van der Waals surface area contributed by atoms with Gasteiger partial charge in [-0.15, -0.1) is 0 Å². The number of carbonyl (C=O) groups excluding carboxylic acids is 1. The van der Waals surface area contributed by atoms with Crippen molar-refractivity contribution >= 4 is 5.91 Å². The molecule has 0 bridgehead atoms. The SMILES string of the molecule is C/C=C/C=C/C(=O)N[C@@H]1CC(C)(C)Cc2oc(C)cc21. The lowest BCUT2D eigenvalue weighted by Gasteiger charge is -2.34. The molecule has 1 aromatic rings. The predicted octanol–water partition coefficient (Wildman–Crippen LogP) is 3.85.